The van der Waals surface area contributed by atoms with Crippen molar-refractivity contribution in [3.63, 3.8) is 0 Å². The molecule has 2 heteroatoms. The lowest BCUT2D eigenvalue weighted by Gasteiger charge is -2.52. The van der Waals surface area contributed by atoms with E-state index in [4.69, 9.17) is 4.74 Å². The number of aliphatic hydroxyl groups is 1. The standard InChI is InChI=1S/C17H26O2/c1-3-17(4-2)15(18)13-16(17)19-12-8-11-14-9-6-5-7-10-14/h5-7,9-10,15-16,18H,3-4,8,11-13H2,1-2H3. The van der Waals surface area contributed by atoms with Crippen molar-refractivity contribution in [2.75, 3.05) is 6.61 Å². The Hall–Kier alpha value is -0.860. The van der Waals surface area contributed by atoms with Crippen molar-refractivity contribution in [1.29, 1.82) is 0 Å². The van der Waals surface area contributed by atoms with E-state index in [1.54, 1.807) is 0 Å². The lowest BCUT2D eigenvalue weighted by Crippen LogP contribution is -2.57. The number of hydrogen-bond donors (Lipinski definition) is 1. The van der Waals surface area contributed by atoms with Crippen LogP contribution >= 0.6 is 0 Å². The van der Waals surface area contributed by atoms with Crippen molar-refractivity contribution in [1.82, 2.24) is 0 Å². The zero-order valence-corrected chi connectivity index (χ0v) is 12.1. The largest absolute Gasteiger partial charge is 0.392 e. The lowest BCUT2D eigenvalue weighted by atomic mass is 9.60. The summed E-state index contributed by atoms with van der Waals surface area (Å²) in [6, 6.07) is 10.5. The molecule has 2 rings (SSSR count). The van der Waals surface area contributed by atoms with Gasteiger partial charge in [0.15, 0.2) is 0 Å². The second-order valence-corrected chi connectivity index (χ2v) is 5.64. The molecule has 0 bridgehead atoms. The second kappa shape index (κ2) is 6.53. The summed E-state index contributed by atoms with van der Waals surface area (Å²) in [5.74, 6) is 0. The van der Waals surface area contributed by atoms with Crippen LogP contribution in [-0.2, 0) is 11.2 Å². The molecule has 0 spiro atoms. The fourth-order valence-corrected chi connectivity index (χ4v) is 3.28. The summed E-state index contributed by atoms with van der Waals surface area (Å²) in [6.45, 7) is 5.12. The molecule has 1 N–H and O–H groups in total. The van der Waals surface area contributed by atoms with Gasteiger partial charge in [0.2, 0.25) is 0 Å². The van der Waals surface area contributed by atoms with Crippen LogP contribution in [0.15, 0.2) is 30.3 Å². The van der Waals surface area contributed by atoms with E-state index >= 15 is 0 Å². The van der Waals surface area contributed by atoms with Gasteiger partial charge in [0.05, 0.1) is 12.2 Å². The summed E-state index contributed by atoms with van der Waals surface area (Å²) in [7, 11) is 0. The van der Waals surface area contributed by atoms with Gasteiger partial charge in [-0.2, -0.15) is 0 Å². The highest BCUT2D eigenvalue weighted by Gasteiger charge is 2.52. The van der Waals surface area contributed by atoms with Gasteiger partial charge in [0.25, 0.3) is 0 Å². The predicted molar refractivity (Wildman–Crippen MR) is 78.1 cm³/mol. The number of benzene rings is 1. The number of aliphatic hydroxyl groups excluding tert-OH is 1. The normalized spacial score (nSPS) is 25.0. The Labute approximate surface area is 116 Å². The van der Waals surface area contributed by atoms with E-state index in [9.17, 15) is 5.11 Å². The van der Waals surface area contributed by atoms with E-state index in [0.717, 1.165) is 38.7 Å². The van der Waals surface area contributed by atoms with E-state index < -0.39 is 0 Å². The fraction of sp³-hybridized carbons (Fsp3) is 0.647. The van der Waals surface area contributed by atoms with Crippen LogP contribution in [0.5, 0.6) is 0 Å². The highest BCUT2D eigenvalue weighted by Crippen LogP contribution is 2.48. The van der Waals surface area contributed by atoms with E-state index in [1.807, 2.05) is 6.07 Å². The lowest BCUT2D eigenvalue weighted by molar-refractivity contribution is -0.196. The quantitative estimate of drug-likeness (QED) is 0.761. The molecule has 106 valence electrons. The zero-order valence-electron chi connectivity index (χ0n) is 12.1. The van der Waals surface area contributed by atoms with E-state index in [2.05, 4.69) is 38.1 Å². The minimum Gasteiger partial charge on any atom is -0.392 e. The van der Waals surface area contributed by atoms with Crippen molar-refractivity contribution in [2.45, 2.75) is 58.2 Å². The van der Waals surface area contributed by atoms with Gasteiger partial charge in [-0.1, -0.05) is 44.2 Å². The molecule has 2 unspecified atom stereocenters. The molecule has 1 aliphatic carbocycles. The molecule has 2 atom stereocenters. The summed E-state index contributed by atoms with van der Waals surface area (Å²) >= 11 is 0. The maximum atomic E-state index is 9.98. The summed E-state index contributed by atoms with van der Waals surface area (Å²) in [6.07, 6.45) is 5.05. The first-order chi connectivity index (χ1) is 9.23. The average Bonchev–Trinajstić information content (AvgIpc) is 2.45. The Bertz CT molecular complexity index is 370. The molecule has 0 heterocycles. The highest BCUT2D eigenvalue weighted by atomic mass is 16.5. The Kier molecular flexibility index (Phi) is 5.00. The van der Waals surface area contributed by atoms with Crippen LogP contribution in [0.25, 0.3) is 0 Å². The summed E-state index contributed by atoms with van der Waals surface area (Å²) in [5, 5.41) is 9.98. The smallest absolute Gasteiger partial charge is 0.0680 e. The second-order valence-electron chi connectivity index (χ2n) is 5.64. The van der Waals surface area contributed by atoms with Crippen molar-refractivity contribution in [2.24, 2.45) is 5.41 Å². The first-order valence-electron chi connectivity index (χ1n) is 7.56. The third-order valence-corrected chi connectivity index (χ3v) is 4.83. The van der Waals surface area contributed by atoms with Crippen LogP contribution in [-0.4, -0.2) is 23.9 Å². The van der Waals surface area contributed by atoms with Gasteiger partial charge in [-0.25, -0.2) is 0 Å². The van der Waals surface area contributed by atoms with Crippen LogP contribution in [0.2, 0.25) is 0 Å². The monoisotopic (exact) mass is 262 g/mol. The summed E-state index contributed by atoms with van der Waals surface area (Å²) in [5.41, 5.74) is 1.39. The Morgan fingerprint density at radius 1 is 1.21 bits per heavy atom. The van der Waals surface area contributed by atoms with E-state index in [0.29, 0.717) is 0 Å². The SMILES string of the molecule is CCC1(CC)C(O)CC1OCCCc1ccccc1. The Morgan fingerprint density at radius 2 is 1.89 bits per heavy atom. The summed E-state index contributed by atoms with van der Waals surface area (Å²) < 4.78 is 6.01. The van der Waals surface area contributed by atoms with Gasteiger partial charge in [-0.3, -0.25) is 0 Å². The molecular formula is C17H26O2. The molecule has 2 nitrogen and oxygen atoms in total. The maximum Gasteiger partial charge on any atom is 0.0680 e. The molecule has 1 aromatic rings. The van der Waals surface area contributed by atoms with Gasteiger partial charge in [0, 0.05) is 18.4 Å². The van der Waals surface area contributed by atoms with Crippen molar-refractivity contribution in [3.8, 4) is 0 Å². The Balaban J connectivity index is 1.72. The first-order valence-corrected chi connectivity index (χ1v) is 7.56. The maximum absolute atomic E-state index is 9.98. The van der Waals surface area contributed by atoms with E-state index in [1.165, 1.54) is 5.56 Å². The molecule has 1 aliphatic rings. The Morgan fingerprint density at radius 3 is 2.47 bits per heavy atom. The molecule has 0 radical (unpaired) electrons. The van der Waals surface area contributed by atoms with Gasteiger partial charge in [-0.05, 0) is 31.2 Å². The average molecular weight is 262 g/mol. The minimum atomic E-state index is -0.165. The number of hydrogen-bond acceptors (Lipinski definition) is 2. The van der Waals surface area contributed by atoms with Crippen LogP contribution < -0.4 is 0 Å². The minimum absolute atomic E-state index is 0.0206. The fourth-order valence-electron chi connectivity index (χ4n) is 3.28. The van der Waals surface area contributed by atoms with Crippen LogP contribution in [0.1, 0.15) is 45.1 Å². The van der Waals surface area contributed by atoms with Crippen LogP contribution in [0.4, 0.5) is 0 Å². The van der Waals surface area contributed by atoms with Crippen LogP contribution in [0.3, 0.4) is 0 Å². The molecule has 1 saturated carbocycles. The van der Waals surface area contributed by atoms with Crippen molar-refractivity contribution < 1.29 is 9.84 Å². The molecule has 0 aliphatic heterocycles. The highest BCUT2D eigenvalue weighted by molar-refractivity contribution is 5.14. The van der Waals surface area contributed by atoms with Crippen molar-refractivity contribution in [3.05, 3.63) is 35.9 Å². The zero-order chi connectivity index (χ0) is 13.7. The molecule has 1 fully saturated rings. The third kappa shape index (κ3) is 3.01. The molecule has 1 aromatic carbocycles. The topological polar surface area (TPSA) is 29.5 Å². The third-order valence-electron chi connectivity index (χ3n) is 4.83. The molecule has 0 amide bonds. The van der Waals surface area contributed by atoms with Gasteiger partial charge in [0.1, 0.15) is 0 Å². The molecule has 0 aromatic heterocycles. The van der Waals surface area contributed by atoms with Gasteiger partial charge in [-0.15, -0.1) is 0 Å². The van der Waals surface area contributed by atoms with Crippen molar-refractivity contribution >= 4 is 0 Å². The van der Waals surface area contributed by atoms with Crippen LogP contribution in [0, 0.1) is 5.41 Å². The molecule has 0 saturated heterocycles. The number of ether oxygens (including phenoxy) is 1. The molecule has 19 heavy (non-hydrogen) atoms. The van der Waals surface area contributed by atoms with Gasteiger partial charge >= 0.3 is 0 Å². The van der Waals surface area contributed by atoms with Gasteiger partial charge < -0.3 is 9.84 Å². The number of rotatable bonds is 7. The first kappa shape index (κ1) is 14.5. The molecular weight excluding hydrogens is 236 g/mol. The summed E-state index contributed by atoms with van der Waals surface area (Å²) in [4.78, 5) is 0. The van der Waals surface area contributed by atoms with E-state index in [-0.39, 0.29) is 17.6 Å². The number of aryl methyl sites for hydroxylation is 1. The predicted octanol–water partition coefficient (Wildman–Crippen LogP) is 3.58.